The average molecular weight is 327 g/mol. The Balaban J connectivity index is 1.99. The summed E-state index contributed by atoms with van der Waals surface area (Å²) in [5.41, 5.74) is 3.89. The van der Waals surface area contributed by atoms with Gasteiger partial charge in [0.25, 0.3) is 0 Å². The number of fused-ring (bicyclic) bond motifs is 1. The molecule has 0 amide bonds. The minimum absolute atomic E-state index is 0.271. The van der Waals surface area contributed by atoms with Crippen molar-refractivity contribution in [3.05, 3.63) is 53.1 Å². The highest BCUT2D eigenvalue weighted by Crippen LogP contribution is 2.42. The van der Waals surface area contributed by atoms with Gasteiger partial charge in [-0.2, -0.15) is 0 Å². The molecule has 0 radical (unpaired) electrons. The van der Waals surface area contributed by atoms with Crippen LogP contribution in [0.1, 0.15) is 22.7 Å². The molecule has 1 heterocycles. The molecular formula is C20H25NO3. The fourth-order valence-corrected chi connectivity index (χ4v) is 3.49. The van der Waals surface area contributed by atoms with Crippen LogP contribution in [0.3, 0.4) is 0 Å². The fraction of sp³-hybridized carbons (Fsp3) is 0.400. The average Bonchev–Trinajstić information content (AvgIpc) is 2.63. The largest absolute Gasteiger partial charge is 0.497 e. The zero-order valence-corrected chi connectivity index (χ0v) is 14.8. The van der Waals surface area contributed by atoms with Crippen molar-refractivity contribution in [2.45, 2.75) is 18.9 Å². The molecule has 0 spiro atoms. The molecule has 4 nitrogen and oxygen atoms in total. The number of methoxy groups -OCH3 is 3. The summed E-state index contributed by atoms with van der Waals surface area (Å²) < 4.78 is 16.5. The first-order valence-corrected chi connectivity index (χ1v) is 8.24. The summed E-state index contributed by atoms with van der Waals surface area (Å²) in [6.45, 7) is 1.04. The first-order valence-electron chi connectivity index (χ1n) is 8.24. The van der Waals surface area contributed by atoms with Gasteiger partial charge in [-0.05, 0) is 49.2 Å². The maximum absolute atomic E-state index is 5.72. The van der Waals surface area contributed by atoms with Crippen LogP contribution < -0.4 is 14.2 Å². The van der Waals surface area contributed by atoms with E-state index in [4.69, 9.17) is 14.2 Å². The molecule has 0 unspecified atom stereocenters. The molecule has 0 fully saturated rings. The van der Waals surface area contributed by atoms with Crippen molar-refractivity contribution in [1.29, 1.82) is 0 Å². The van der Waals surface area contributed by atoms with E-state index in [1.165, 1.54) is 16.7 Å². The molecular weight excluding hydrogens is 302 g/mol. The quantitative estimate of drug-likeness (QED) is 0.841. The van der Waals surface area contributed by atoms with Crippen LogP contribution in [0.2, 0.25) is 0 Å². The molecule has 0 aliphatic carbocycles. The molecule has 1 aliphatic rings. The van der Waals surface area contributed by atoms with Gasteiger partial charge < -0.3 is 14.2 Å². The Morgan fingerprint density at radius 2 is 1.71 bits per heavy atom. The van der Waals surface area contributed by atoms with Gasteiger partial charge in [-0.15, -0.1) is 0 Å². The number of rotatable bonds is 5. The van der Waals surface area contributed by atoms with Crippen molar-refractivity contribution >= 4 is 0 Å². The molecule has 0 saturated heterocycles. The lowest BCUT2D eigenvalue weighted by Gasteiger charge is -2.36. The molecule has 0 bridgehead atoms. The maximum atomic E-state index is 5.72. The maximum Gasteiger partial charge on any atom is 0.165 e. The SMILES string of the molecule is COc1ccc(C[C@@H]2c3c(ccc(OC)c3OC)CCN2C)cc1. The number of likely N-dealkylation sites (N-methyl/N-ethyl adjacent to an activating group) is 1. The van der Waals surface area contributed by atoms with E-state index < -0.39 is 0 Å². The smallest absolute Gasteiger partial charge is 0.165 e. The van der Waals surface area contributed by atoms with E-state index in [0.717, 1.165) is 36.6 Å². The summed E-state index contributed by atoms with van der Waals surface area (Å²) in [6.07, 6.45) is 1.96. The van der Waals surface area contributed by atoms with Crippen molar-refractivity contribution in [3.8, 4) is 17.2 Å². The number of hydrogen-bond acceptors (Lipinski definition) is 4. The predicted molar refractivity (Wildman–Crippen MR) is 95.3 cm³/mol. The Hall–Kier alpha value is -2.20. The highest BCUT2D eigenvalue weighted by Gasteiger charge is 2.30. The van der Waals surface area contributed by atoms with E-state index in [0.29, 0.717) is 0 Å². The van der Waals surface area contributed by atoms with Crippen LogP contribution in [0, 0.1) is 0 Å². The van der Waals surface area contributed by atoms with E-state index in [1.807, 2.05) is 18.2 Å². The molecule has 3 rings (SSSR count). The molecule has 2 aromatic carbocycles. The van der Waals surface area contributed by atoms with E-state index in [2.05, 4.69) is 30.1 Å². The number of benzene rings is 2. The van der Waals surface area contributed by atoms with Gasteiger partial charge in [0.1, 0.15) is 5.75 Å². The number of nitrogens with zero attached hydrogens (tertiary/aromatic N) is 1. The van der Waals surface area contributed by atoms with Gasteiger partial charge in [0.15, 0.2) is 11.5 Å². The van der Waals surface area contributed by atoms with Crippen LogP contribution >= 0.6 is 0 Å². The summed E-state index contributed by atoms with van der Waals surface area (Å²) in [5, 5.41) is 0. The number of hydrogen-bond donors (Lipinski definition) is 0. The third kappa shape index (κ3) is 3.06. The van der Waals surface area contributed by atoms with Crippen LogP contribution in [-0.2, 0) is 12.8 Å². The first kappa shape index (κ1) is 16.7. The summed E-state index contributed by atoms with van der Waals surface area (Å²) in [6, 6.07) is 12.7. The normalized spacial score (nSPS) is 17.2. The molecule has 0 aromatic heterocycles. The Labute approximate surface area is 144 Å². The van der Waals surface area contributed by atoms with Crippen LogP contribution in [-0.4, -0.2) is 39.8 Å². The zero-order chi connectivity index (χ0) is 17.1. The molecule has 1 atom stereocenters. The van der Waals surface area contributed by atoms with Gasteiger partial charge in [-0.3, -0.25) is 4.90 Å². The molecule has 2 aromatic rings. The highest BCUT2D eigenvalue weighted by atomic mass is 16.5. The van der Waals surface area contributed by atoms with Crippen molar-refractivity contribution in [2.75, 3.05) is 34.9 Å². The topological polar surface area (TPSA) is 30.9 Å². The molecule has 0 N–H and O–H groups in total. The van der Waals surface area contributed by atoms with Crippen molar-refractivity contribution in [3.63, 3.8) is 0 Å². The molecule has 128 valence electrons. The molecule has 1 aliphatic heterocycles. The van der Waals surface area contributed by atoms with Gasteiger partial charge in [-0.25, -0.2) is 0 Å². The lowest BCUT2D eigenvalue weighted by molar-refractivity contribution is 0.220. The summed E-state index contributed by atoms with van der Waals surface area (Å²) in [5.74, 6) is 2.54. The van der Waals surface area contributed by atoms with Gasteiger partial charge >= 0.3 is 0 Å². The van der Waals surface area contributed by atoms with Crippen molar-refractivity contribution in [1.82, 2.24) is 4.90 Å². The second kappa shape index (κ2) is 7.14. The van der Waals surface area contributed by atoms with E-state index in [-0.39, 0.29) is 6.04 Å². The van der Waals surface area contributed by atoms with E-state index >= 15 is 0 Å². The summed E-state index contributed by atoms with van der Waals surface area (Å²) in [4.78, 5) is 2.40. The Kier molecular flexibility index (Phi) is 4.95. The summed E-state index contributed by atoms with van der Waals surface area (Å²) in [7, 11) is 7.28. The molecule has 0 saturated carbocycles. The van der Waals surface area contributed by atoms with Crippen LogP contribution in [0.15, 0.2) is 36.4 Å². The van der Waals surface area contributed by atoms with Crippen LogP contribution in [0.4, 0.5) is 0 Å². The summed E-state index contributed by atoms with van der Waals surface area (Å²) >= 11 is 0. The Morgan fingerprint density at radius 3 is 2.33 bits per heavy atom. The second-order valence-electron chi connectivity index (χ2n) is 6.17. The minimum atomic E-state index is 0.271. The third-order valence-electron chi connectivity index (χ3n) is 4.86. The van der Waals surface area contributed by atoms with Crippen LogP contribution in [0.5, 0.6) is 17.2 Å². The predicted octanol–water partition coefficient (Wildman–Crippen LogP) is 3.48. The second-order valence-corrected chi connectivity index (χ2v) is 6.17. The monoisotopic (exact) mass is 327 g/mol. The molecule has 24 heavy (non-hydrogen) atoms. The van der Waals surface area contributed by atoms with Gasteiger partial charge in [-0.1, -0.05) is 18.2 Å². The van der Waals surface area contributed by atoms with Crippen LogP contribution in [0.25, 0.3) is 0 Å². The van der Waals surface area contributed by atoms with E-state index in [1.54, 1.807) is 21.3 Å². The lowest BCUT2D eigenvalue weighted by atomic mass is 9.88. The minimum Gasteiger partial charge on any atom is -0.497 e. The number of ether oxygens (including phenoxy) is 3. The Morgan fingerprint density at radius 1 is 0.958 bits per heavy atom. The van der Waals surface area contributed by atoms with Gasteiger partial charge in [0.05, 0.1) is 21.3 Å². The zero-order valence-electron chi connectivity index (χ0n) is 14.8. The van der Waals surface area contributed by atoms with E-state index in [9.17, 15) is 0 Å². The van der Waals surface area contributed by atoms with Gasteiger partial charge in [0, 0.05) is 18.2 Å². The highest BCUT2D eigenvalue weighted by molar-refractivity contribution is 5.53. The fourth-order valence-electron chi connectivity index (χ4n) is 3.49. The lowest BCUT2D eigenvalue weighted by Crippen LogP contribution is -2.33. The van der Waals surface area contributed by atoms with Crippen molar-refractivity contribution in [2.24, 2.45) is 0 Å². The molecule has 4 heteroatoms. The Bertz CT molecular complexity index is 697. The van der Waals surface area contributed by atoms with Crippen molar-refractivity contribution < 1.29 is 14.2 Å². The standard InChI is InChI=1S/C20H25NO3/c1-21-12-11-15-7-10-18(23-3)20(24-4)19(15)17(21)13-14-5-8-16(22-2)9-6-14/h5-10,17H,11-13H2,1-4H3/t17-/m1/s1. The van der Waals surface area contributed by atoms with Gasteiger partial charge in [0.2, 0.25) is 0 Å². The first-order chi connectivity index (χ1) is 11.7. The third-order valence-corrected chi connectivity index (χ3v) is 4.86.